The number of hydrogen-bond donors (Lipinski definition) is 1. The Labute approximate surface area is 181 Å². The molecular formula is C21H16Cl2N4OS. The number of halogens is 2. The Kier molecular flexibility index (Phi) is 5.76. The van der Waals surface area contributed by atoms with Crippen LogP contribution >= 0.6 is 35.0 Å². The number of nitrogens with one attached hydrogen (secondary N) is 1. The van der Waals surface area contributed by atoms with Gasteiger partial charge in [-0.15, -0.1) is 0 Å². The summed E-state index contributed by atoms with van der Waals surface area (Å²) in [6, 6.07) is 15.0. The van der Waals surface area contributed by atoms with Crippen LogP contribution in [0.25, 0.3) is 16.6 Å². The van der Waals surface area contributed by atoms with Gasteiger partial charge in [0.15, 0.2) is 5.16 Å². The largest absolute Gasteiger partial charge is 0.381 e. The molecule has 0 unspecified atom stereocenters. The number of para-hydroxylation sites is 2. The zero-order chi connectivity index (χ0) is 20.4. The van der Waals surface area contributed by atoms with Crippen LogP contribution in [-0.2, 0) is 6.54 Å². The third kappa shape index (κ3) is 3.96. The molecular weight excluding hydrogens is 427 g/mol. The van der Waals surface area contributed by atoms with Gasteiger partial charge < -0.3 is 5.32 Å². The summed E-state index contributed by atoms with van der Waals surface area (Å²) in [5.74, 6) is 0. The fraction of sp³-hybridized carbons (Fsp3) is 0.0952. The van der Waals surface area contributed by atoms with Crippen molar-refractivity contribution in [3.63, 3.8) is 0 Å². The van der Waals surface area contributed by atoms with Crippen LogP contribution in [0.4, 0.5) is 5.69 Å². The van der Waals surface area contributed by atoms with Crippen molar-refractivity contribution in [1.29, 1.82) is 0 Å². The number of nitrogens with zero attached hydrogens (tertiary/aromatic N) is 3. The van der Waals surface area contributed by atoms with Crippen LogP contribution in [0.15, 0.2) is 70.9 Å². The molecule has 2 aromatic carbocycles. The van der Waals surface area contributed by atoms with Crippen molar-refractivity contribution in [3.05, 3.63) is 86.9 Å². The molecule has 0 saturated carbocycles. The molecule has 0 amide bonds. The molecule has 0 saturated heterocycles. The molecule has 0 aliphatic carbocycles. The molecule has 146 valence electrons. The highest BCUT2D eigenvalue weighted by molar-refractivity contribution is 7.98. The van der Waals surface area contributed by atoms with E-state index in [4.69, 9.17) is 23.2 Å². The maximum Gasteiger partial charge on any atom is 0.266 e. The average Bonchev–Trinajstić information content (AvgIpc) is 2.74. The lowest BCUT2D eigenvalue weighted by Crippen LogP contribution is -2.21. The Hall–Kier alpha value is -2.54. The second-order valence-corrected chi connectivity index (χ2v) is 7.83. The highest BCUT2D eigenvalue weighted by atomic mass is 35.5. The zero-order valence-corrected chi connectivity index (χ0v) is 17.7. The van der Waals surface area contributed by atoms with Gasteiger partial charge in [0.25, 0.3) is 5.56 Å². The Bertz CT molecular complexity index is 1220. The van der Waals surface area contributed by atoms with Crippen LogP contribution in [-0.4, -0.2) is 20.8 Å². The molecule has 2 aromatic heterocycles. The van der Waals surface area contributed by atoms with Crippen molar-refractivity contribution in [2.45, 2.75) is 11.7 Å². The maximum atomic E-state index is 13.2. The third-order valence-corrected chi connectivity index (χ3v) is 5.59. The Morgan fingerprint density at radius 3 is 2.48 bits per heavy atom. The van der Waals surface area contributed by atoms with E-state index in [1.165, 1.54) is 16.3 Å². The molecule has 0 fully saturated rings. The standard InChI is InChI=1S/C21H16Cl2N4OS/c1-29-21-25-11-15-18(26-21)13(10-24-14-6-3-2-4-7-14)12-27(20(15)28)19-16(22)8-5-9-17(19)23/h2-9,11-12,24H,10H2,1H3. The molecule has 1 N–H and O–H groups in total. The summed E-state index contributed by atoms with van der Waals surface area (Å²) in [6.07, 6.45) is 5.20. The molecule has 0 spiro atoms. The normalized spacial score (nSPS) is 11.0. The van der Waals surface area contributed by atoms with Crippen molar-refractivity contribution in [2.24, 2.45) is 0 Å². The van der Waals surface area contributed by atoms with Gasteiger partial charge in [-0.25, -0.2) is 9.97 Å². The second-order valence-electron chi connectivity index (χ2n) is 6.24. The maximum absolute atomic E-state index is 13.2. The summed E-state index contributed by atoms with van der Waals surface area (Å²) in [6.45, 7) is 0.466. The number of pyridine rings is 1. The summed E-state index contributed by atoms with van der Waals surface area (Å²) in [5.41, 5.74) is 2.58. The monoisotopic (exact) mass is 442 g/mol. The number of rotatable bonds is 5. The van der Waals surface area contributed by atoms with Crippen molar-refractivity contribution in [1.82, 2.24) is 14.5 Å². The van der Waals surface area contributed by atoms with Gasteiger partial charge in [-0.2, -0.15) is 0 Å². The van der Waals surface area contributed by atoms with Crippen molar-refractivity contribution in [3.8, 4) is 5.69 Å². The highest BCUT2D eigenvalue weighted by Crippen LogP contribution is 2.29. The first-order chi connectivity index (χ1) is 14.1. The van der Waals surface area contributed by atoms with E-state index < -0.39 is 0 Å². The number of hydrogen-bond acceptors (Lipinski definition) is 5. The van der Waals surface area contributed by atoms with E-state index in [9.17, 15) is 4.79 Å². The van der Waals surface area contributed by atoms with Crippen LogP contribution < -0.4 is 10.9 Å². The Morgan fingerprint density at radius 1 is 1.07 bits per heavy atom. The van der Waals surface area contributed by atoms with Gasteiger partial charge in [0.2, 0.25) is 0 Å². The first-order valence-corrected chi connectivity index (χ1v) is 10.7. The summed E-state index contributed by atoms with van der Waals surface area (Å²) >= 11 is 14.2. The third-order valence-electron chi connectivity index (χ3n) is 4.42. The van der Waals surface area contributed by atoms with Crippen LogP contribution in [0.5, 0.6) is 0 Å². The number of anilines is 1. The van der Waals surface area contributed by atoms with Crippen LogP contribution in [0.2, 0.25) is 10.0 Å². The smallest absolute Gasteiger partial charge is 0.266 e. The minimum absolute atomic E-state index is 0.272. The van der Waals surface area contributed by atoms with E-state index in [-0.39, 0.29) is 5.56 Å². The Balaban J connectivity index is 1.92. The number of thioether (sulfide) groups is 1. The lowest BCUT2D eigenvalue weighted by Gasteiger charge is -2.15. The molecule has 5 nitrogen and oxygen atoms in total. The van der Waals surface area contributed by atoms with Gasteiger partial charge in [-0.3, -0.25) is 9.36 Å². The molecule has 0 aliphatic rings. The number of benzene rings is 2. The minimum Gasteiger partial charge on any atom is -0.381 e. The quantitative estimate of drug-likeness (QED) is 0.330. The lowest BCUT2D eigenvalue weighted by atomic mass is 10.1. The fourth-order valence-electron chi connectivity index (χ4n) is 3.04. The molecule has 0 bridgehead atoms. The van der Waals surface area contributed by atoms with E-state index in [1.54, 1.807) is 30.6 Å². The predicted molar refractivity (Wildman–Crippen MR) is 121 cm³/mol. The summed E-state index contributed by atoms with van der Waals surface area (Å²) in [7, 11) is 0. The van der Waals surface area contributed by atoms with Crippen molar-refractivity contribution < 1.29 is 0 Å². The van der Waals surface area contributed by atoms with Crippen LogP contribution in [0, 0.1) is 0 Å². The Morgan fingerprint density at radius 2 is 1.79 bits per heavy atom. The van der Waals surface area contributed by atoms with E-state index in [2.05, 4.69) is 15.3 Å². The average molecular weight is 443 g/mol. The molecule has 29 heavy (non-hydrogen) atoms. The molecule has 2 heterocycles. The molecule has 8 heteroatoms. The molecule has 4 rings (SSSR count). The number of aromatic nitrogens is 3. The topological polar surface area (TPSA) is 59.8 Å². The molecule has 0 radical (unpaired) electrons. The summed E-state index contributed by atoms with van der Waals surface area (Å²) < 4.78 is 1.47. The van der Waals surface area contributed by atoms with Crippen molar-refractivity contribution >= 4 is 51.6 Å². The van der Waals surface area contributed by atoms with Crippen molar-refractivity contribution in [2.75, 3.05) is 11.6 Å². The zero-order valence-electron chi connectivity index (χ0n) is 15.4. The van der Waals surface area contributed by atoms with Gasteiger partial charge in [0.05, 0.1) is 26.6 Å². The van der Waals surface area contributed by atoms with E-state index in [0.29, 0.717) is 38.3 Å². The highest BCUT2D eigenvalue weighted by Gasteiger charge is 2.16. The minimum atomic E-state index is -0.272. The van der Waals surface area contributed by atoms with Gasteiger partial charge in [-0.05, 0) is 30.5 Å². The van der Waals surface area contributed by atoms with E-state index in [1.807, 2.05) is 36.6 Å². The van der Waals surface area contributed by atoms with Gasteiger partial charge in [0, 0.05) is 30.2 Å². The summed E-state index contributed by atoms with van der Waals surface area (Å²) in [5, 5.41) is 5.16. The molecule has 4 aromatic rings. The lowest BCUT2D eigenvalue weighted by molar-refractivity contribution is 0.942. The molecule has 0 atom stereocenters. The van der Waals surface area contributed by atoms with Crippen LogP contribution in [0.3, 0.4) is 0 Å². The van der Waals surface area contributed by atoms with Crippen LogP contribution in [0.1, 0.15) is 5.56 Å². The first kappa shape index (κ1) is 19.8. The first-order valence-electron chi connectivity index (χ1n) is 8.77. The molecule has 0 aliphatic heterocycles. The predicted octanol–water partition coefficient (Wildman–Crippen LogP) is 5.42. The van der Waals surface area contributed by atoms with Gasteiger partial charge in [-0.1, -0.05) is 59.2 Å². The fourth-order valence-corrected chi connectivity index (χ4v) is 3.96. The van der Waals surface area contributed by atoms with Gasteiger partial charge in [0.1, 0.15) is 0 Å². The SMILES string of the molecule is CSc1ncc2c(=O)n(-c3c(Cl)cccc3Cl)cc(CNc3ccccc3)c2n1. The van der Waals surface area contributed by atoms with Gasteiger partial charge >= 0.3 is 0 Å². The van der Waals surface area contributed by atoms with E-state index >= 15 is 0 Å². The summed E-state index contributed by atoms with van der Waals surface area (Å²) in [4.78, 5) is 22.1. The number of fused-ring (bicyclic) bond motifs is 1. The second kappa shape index (κ2) is 8.45. The van der Waals surface area contributed by atoms with E-state index in [0.717, 1.165) is 11.3 Å².